The zero-order valence-electron chi connectivity index (χ0n) is 8.49. The van der Waals surface area contributed by atoms with Gasteiger partial charge < -0.3 is 5.73 Å². The molecule has 0 saturated carbocycles. The number of hydrogen-bond acceptors (Lipinski definition) is 2. The lowest BCUT2D eigenvalue weighted by Crippen LogP contribution is -2.11. The number of hydrogen-bond donors (Lipinski definition) is 1. The summed E-state index contributed by atoms with van der Waals surface area (Å²) in [7, 11) is 0. The summed E-state index contributed by atoms with van der Waals surface area (Å²) < 4.78 is 38.5. The Hall–Kier alpha value is -1.56. The van der Waals surface area contributed by atoms with Gasteiger partial charge in [0.05, 0.1) is 11.7 Å². The molecule has 0 aliphatic rings. The Morgan fingerprint density at radius 3 is 2.69 bits per heavy atom. The number of nitrogens with zero attached hydrogens (tertiary/aromatic N) is 2. The lowest BCUT2D eigenvalue weighted by molar-refractivity contribution is -0.145. The average Bonchev–Trinajstić information content (AvgIpc) is 2.58. The first kappa shape index (κ1) is 10.9. The highest BCUT2D eigenvalue weighted by Crippen LogP contribution is 2.29. The van der Waals surface area contributed by atoms with Crippen LogP contribution in [0.2, 0.25) is 0 Å². The molecule has 0 bridgehead atoms. The molecule has 2 rings (SSSR count). The van der Waals surface area contributed by atoms with Crippen molar-refractivity contribution in [3.8, 4) is 0 Å². The third-order valence-electron chi connectivity index (χ3n) is 2.34. The first-order valence-corrected chi connectivity index (χ1v) is 4.69. The minimum atomic E-state index is -4.44. The fourth-order valence-corrected chi connectivity index (χ4v) is 1.51. The molecule has 0 aromatic carbocycles. The number of nitrogens with two attached hydrogens (primary N) is 1. The molecule has 2 aromatic heterocycles. The van der Waals surface area contributed by atoms with Crippen molar-refractivity contribution in [2.24, 2.45) is 5.73 Å². The van der Waals surface area contributed by atoms with Crippen molar-refractivity contribution in [2.75, 3.05) is 0 Å². The van der Waals surface area contributed by atoms with E-state index in [1.165, 1.54) is 12.4 Å². The van der Waals surface area contributed by atoms with E-state index < -0.39 is 12.0 Å². The summed E-state index contributed by atoms with van der Waals surface area (Å²) in [6.07, 6.45) is -1.92. The summed E-state index contributed by atoms with van der Waals surface area (Å²) in [5.41, 5.74) is 6.82. The van der Waals surface area contributed by atoms with Gasteiger partial charge in [-0.05, 0) is 24.6 Å². The van der Waals surface area contributed by atoms with Gasteiger partial charge >= 0.3 is 6.18 Å². The molecule has 86 valence electrons. The van der Waals surface area contributed by atoms with E-state index in [1.54, 1.807) is 19.1 Å². The number of fused-ring (bicyclic) bond motifs is 1. The molecule has 1 atom stereocenters. The van der Waals surface area contributed by atoms with E-state index in [0.29, 0.717) is 5.52 Å². The van der Waals surface area contributed by atoms with Crippen LogP contribution in [0.3, 0.4) is 0 Å². The van der Waals surface area contributed by atoms with E-state index >= 15 is 0 Å². The standard InChI is InChI=1S/C10H10F3N3/c1-6(14)7-2-3-16-8(4-7)5-15-9(16)10(11,12)13/h2-6H,14H2,1H3. The van der Waals surface area contributed by atoms with Crippen LogP contribution in [-0.2, 0) is 6.18 Å². The Morgan fingerprint density at radius 2 is 2.12 bits per heavy atom. The van der Waals surface area contributed by atoms with E-state index in [2.05, 4.69) is 4.98 Å². The maximum Gasteiger partial charge on any atom is 0.450 e. The molecular formula is C10H10F3N3. The van der Waals surface area contributed by atoms with Crippen LogP contribution < -0.4 is 5.73 Å². The average molecular weight is 229 g/mol. The van der Waals surface area contributed by atoms with E-state index in [1.807, 2.05) is 0 Å². The van der Waals surface area contributed by atoms with Crippen LogP contribution in [0.15, 0.2) is 24.5 Å². The van der Waals surface area contributed by atoms with Gasteiger partial charge in [-0.1, -0.05) is 0 Å². The fourth-order valence-electron chi connectivity index (χ4n) is 1.51. The van der Waals surface area contributed by atoms with Gasteiger partial charge in [0.15, 0.2) is 0 Å². The highest BCUT2D eigenvalue weighted by atomic mass is 19.4. The first-order chi connectivity index (χ1) is 7.39. The lowest BCUT2D eigenvalue weighted by Gasteiger charge is -2.08. The number of aromatic nitrogens is 2. The van der Waals surface area contributed by atoms with Crippen molar-refractivity contribution in [3.05, 3.63) is 35.9 Å². The normalized spacial score (nSPS) is 14.3. The third kappa shape index (κ3) is 1.76. The van der Waals surface area contributed by atoms with Crippen molar-refractivity contribution in [1.82, 2.24) is 9.38 Å². The van der Waals surface area contributed by atoms with Gasteiger partial charge in [0.2, 0.25) is 5.82 Å². The lowest BCUT2D eigenvalue weighted by atomic mass is 10.1. The fraction of sp³-hybridized carbons (Fsp3) is 0.300. The monoisotopic (exact) mass is 229 g/mol. The van der Waals surface area contributed by atoms with E-state index in [4.69, 9.17) is 5.73 Å². The summed E-state index contributed by atoms with van der Waals surface area (Å²) >= 11 is 0. The quantitative estimate of drug-likeness (QED) is 0.815. The number of imidazole rings is 1. The Morgan fingerprint density at radius 1 is 1.44 bits per heavy atom. The second-order valence-corrected chi connectivity index (χ2v) is 3.62. The molecule has 2 aromatic rings. The van der Waals surface area contributed by atoms with Gasteiger partial charge in [-0.15, -0.1) is 0 Å². The molecule has 2 N–H and O–H groups in total. The number of alkyl halides is 3. The van der Waals surface area contributed by atoms with Crippen LogP contribution in [0.25, 0.3) is 5.52 Å². The van der Waals surface area contributed by atoms with Gasteiger partial charge in [0.1, 0.15) is 0 Å². The number of halogens is 3. The number of rotatable bonds is 1. The molecule has 0 saturated heterocycles. The van der Waals surface area contributed by atoms with E-state index in [9.17, 15) is 13.2 Å². The van der Waals surface area contributed by atoms with Gasteiger partial charge in [-0.25, -0.2) is 4.98 Å². The second kappa shape index (κ2) is 3.48. The zero-order chi connectivity index (χ0) is 11.9. The maximum absolute atomic E-state index is 12.5. The Balaban J connectivity index is 2.59. The summed E-state index contributed by atoms with van der Waals surface area (Å²) in [4.78, 5) is 3.36. The molecule has 0 amide bonds. The van der Waals surface area contributed by atoms with Crippen LogP contribution in [0, 0.1) is 0 Å². The van der Waals surface area contributed by atoms with E-state index in [0.717, 1.165) is 9.96 Å². The zero-order valence-corrected chi connectivity index (χ0v) is 8.49. The highest BCUT2D eigenvalue weighted by molar-refractivity contribution is 5.49. The minimum absolute atomic E-state index is 0.214. The predicted molar refractivity (Wildman–Crippen MR) is 52.8 cm³/mol. The SMILES string of the molecule is CC(N)c1ccn2c(C(F)(F)F)ncc2c1. The molecular weight excluding hydrogens is 219 g/mol. The summed E-state index contributed by atoms with van der Waals surface area (Å²) in [6.45, 7) is 1.77. The largest absolute Gasteiger partial charge is 0.450 e. The van der Waals surface area contributed by atoms with Crippen LogP contribution >= 0.6 is 0 Å². The Bertz CT molecular complexity index is 513. The number of pyridine rings is 1. The van der Waals surface area contributed by atoms with Crippen molar-refractivity contribution in [3.63, 3.8) is 0 Å². The molecule has 0 spiro atoms. The third-order valence-corrected chi connectivity index (χ3v) is 2.34. The molecule has 6 heteroatoms. The van der Waals surface area contributed by atoms with Crippen LogP contribution in [0.4, 0.5) is 13.2 Å². The van der Waals surface area contributed by atoms with Crippen molar-refractivity contribution >= 4 is 5.52 Å². The van der Waals surface area contributed by atoms with Crippen molar-refractivity contribution < 1.29 is 13.2 Å². The van der Waals surface area contributed by atoms with E-state index in [-0.39, 0.29) is 6.04 Å². The van der Waals surface area contributed by atoms with Gasteiger partial charge in [-0.2, -0.15) is 13.2 Å². The maximum atomic E-state index is 12.5. The van der Waals surface area contributed by atoms with Gasteiger partial charge in [0, 0.05) is 12.2 Å². The van der Waals surface area contributed by atoms with Gasteiger partial charge in [-0.3, -0.25) is 4.40 Å². The molecule has 16 heavy (non-hydrogen) atoms. The minimum Gasteiger partial charge on any atom is -0.324 e. The molecule has 2 heterocycles. The second-order valence-electron chi connectivity index (χ2n) is 3.62. The Labute approximate surface area is 89.7 Å². The van der Waals surface area contributed by atoms with Crippen LogP contribution in [-0.4, -0.2) is 9.38 Å². The van der Waals surface area contributed by atoms with Crippen molar-refractivity contribution in [2.45, 2.75) is 19.1 Å². The summed E-state index contributed by atoms with van der Waals surface area (Å²) in [5.74, 6) is -0.918. The molecule has 1 unspecified atom stereocenters. The molecule has 0 aliphatic heterocycles. The smallest absolute Gasteiger partial charge is 0.324 e. The van der Waals surface area contributed by atoms with Crippen LogP contribution in [0.1, 0.15) is 24.4 Å². The summed E-state index contributed by atoms with van der Waals surface area (Å²) in [5, 5.41) is 0. The predicted octanol–water partition coefficient (Wildman–Crippen LogP) is 2.37. The van der Waals surface area contributed by atoms with Crippen molar-refractivity contribution in [1.29, 1.82) is 0 Å². The topological polar surface area (TPSA) is 43.3 Å². The Kier molecular flexibility index (Phi) is 2.38. The molecule has 0 radical (unpaired) electrons. The first-order valence-electron chi connectivity index (χ1n) is 4.69. The summed E-state index contributed by atoms with van der Waals surface area (Å²) in [6, 6.07) is 2.95. The highest BCUT2D eigenvalue weighted by Gasteiger charge is 2.35. The van der Waals surface area contributed by atoms with Gasteiger partial charge in [0.25, 0.3) is 0 Å². The molecule has 0 aliphatic carbocycles. The molecule has 3 nitrogen and oxygen atoms in total. The molecule has 0 fully saturated rings. The van der Waals surface area contributed by atoms with Crippen LogP contribution in [0.5, 0.6) is 0 Å².